The Morgan fingerprint density at radius 2 is 1.66 bits per heavy atom. The number of benzene rings is 3. The largest absolute Gasteiger partial charge is 0.326 e. The number of halogens is 4. The van der Waals surface area contributed by atoms with Crippen LogP contribution in [0.4, 0.5) is 24.7 Å². The Bertz CT molecular complexity index is 1450. The summed E-state index contributed by atoms with van der Waals surface area (Å²) < 4.78 is 42.2. The van der Waals surface area contributed by atoms with E-state index >= 15 is 0 Å². The van der Waals surface area contributed by atoms with Crippen LogP contribution in [0, 0.1) is 5.82 Å². The summed E-state index contributed by atoms with van der Waals surface area (Å²) in [5.74, 6) is 0.307. The molecule has 0 aliphatic rings. The van der Waals surface area contributed by atoms with Gasteiger partial charge >= 0.3 is 0 Å². The Morgan fingerprint density at radius 3 is 2.41 bits per heavy atom. The highest BCUT2D eigenvalue weighted by Gasteiger charge is 2.19. The van der Waals surface area contributed by atoms with Crippen LogP contribution in [0.15, 0.2) is 66.7 Å². The summed E-state index contributed by atoms with van der Waals surface area (Å²) in [5.41, 5.74) is 2.32. The van der Waals surface area contributed by atoms with Crippen molar-refractivity contribution in [1.82, 2.24) is 19.6 Å². The summed E-state index contributed by atoms with van der Waals surface area (Å²) in [6.45, 7) is 0. The average molecular weight is 454 g/mol. The predicted octanol–water partition coefficient (Wildman–Crippen LogP) is 6.44. The van der Waals surface area contributed by atoms with E-state index in [9.17, 15) is 13.2 Å². The van der Waals surface area contributed by atoms with Gasteiger partial charge in [-0.1, -0.05) is 42.5 Å². The smallest absolute Gasteiger partial charge is 0.263 e. The first-order chi connectivity index (χ1) is 15.4. The summed E-state index contributed by atoms with van der Waals surface area (Å²) in [6.07, 6.45) is -2.54. The molecule has 0 bridgehead atoms. The van der Waals surface area contributed by atoms with Crippen LogP contribution in [-0.2, 0) is 0 Å². The number of rotatable bonds is 4. The maximum atomic E-state index is 14.9. The van der Waals surface area contributed by atoms with Gasteiger partial charge in [0, 0.05) is 18.0 Å². The van der Waals surface area contributed by atoms with E-state index in [1.807, 2.05) is 24.3 Å². The summed E-state index contributed by atoms with van der Waals surface area (Å²) in [5, 5.41) is 8.79. The molecular weight excluding hydrogens is 439 g/mol. The van der Waals surface area contributed by atoms with Crippen molar-refractivity contribution in [2.45, 2.75) is 6.43 Å². The molecule has 2 aromatic heterocycles. The van der Waals surface area contributed by atoms with Crippen molar-refractivity contribution in [1.29, 1.82) is 0 Å². The SMILES string of the molecule is CN(c1cc(-c2ccc(C(F)F)cc2)ccc1F)c1nc2nnc(Cl)n2c2ccccc12. The van der Waals surface area contributed by atoms with E-state index in [2.05, 4.69) is 15.2 Å². The van der Waals surface area contributed by atoms with Gasteiger partial charge in [0.05, 0.1) is 11.2 Å². The minimum absolute atomic E-state index is 0.0656. The molecule has 0 spiro atoms. The van der Waals surface area contributed by atoms with Crippen LogP contribution in [0.3, 0.4) is 0 Å². The standard InChI is InChI=1S/C23H15ClF3N5/c1-31(21-16-4-2-3-5-18(16)32-22(24)29-30-23(32)28-21)19-12-15(10-11-17(19)25)13-6-8-14(9-7-13)20(26)27/h2-12,20H,1H3. The molecule has 0 atom stereocenters. The fourth-order valence-corrected chi connectivity index (χ4v) is 3.89. The Balaban J connectivity index is 1.64. The second kappa shape index (κ2) is 7.80. The third-order valence-corrected chi connectivity index (χ3v) is 5.56. The molecule has 0 unspecified atom stereocenters. The molecule has 9 heteroatoms. The third kappa shape index (κ3) is 3.33. The van der Waals surface area contributed by atoms with Gasteiger partial charge in [0.15, 0.2) is 0 Å². The van der Waals surface area contributed by atoms with Crippen molar-refractivity contribution in [3.8, 4) is 11.1 Å². The fourth-order valence-electron chi connectivity index (χ4n) is 3.69. The molecule has 0 fully saturated rings. The first-order valence-corrected chi connectivity index (χ1v) is 10.0. The molecule has 2 heterocycles. The lowest BCUT2D eigenvalue weighted by atomic mass is 10.0. The van der Waals surface area contributed by atoms with Gasteiger partial charge in [-0.2, -0.15) is 4.98 Å². The van der Waals surface area contributed by atoms with Gasteiger partial charge in [0.25, 0.3) is 12.2 Å². The van der Waals surface area contributed by atoms with Gasteiger partial charge in [0.1, 0.15) is 11.6 Å². The van der Waals surface area contributed by atoms with Gasteiger partial charge in [-0.25, -0.2) is 17.6 Å². The average Bonchev–Trinajstić information content (AvgIpc) is 3.19. The van der Waals surface area contributed by atoms with Crippen molar-refractivity contribution in [3.63, 3.8) is 0 Å². The van der Waals surface area contributed by atoms with E-state index in [-0.39, 0.29) is 22.3 Å². The maximum Gasteiger partial charge on any atom is 0.263 e. The Morgan fingerprint density at radius 1 is 0.938 bits per heavy atom. The fraction of sp³-hybridized carbons (Fsp3) is 0.0870. The molecule has 0 N–H and O–H groups in total. The van der Waals surface area contributed by atoms with Crippen LogP contribution in [0.25, 0.3) is 27.8 Å². The van der Waals surface area contributed by atoms with E-state index in [4.69, 9.17) is 11.6 Å². The number of para-hydroxylation sites is 1. The topological polar surface area (TPSA) is 46.3 Å². The van der Waals surface area contributed by atoms with Crippen LogP contribution >= 0.6 is 11.6 Å². The lowest BCUT2D eigenvalue weighted by molar-refractivity contribution is 0.151. The van der Waals surface area contributed by atoms with E-state index in [0.717, 1.165) is 10.9 Å². The molecular formula is C23H15ClF3N5. The quantitative estimate of drug-likeness (QED) is 0.314. The van der Waals surface area contributed by atoms with Gasteiger partial charge < -0.3 is 4.90 Å². The second-order valence-electron chi connectivity index (χ2n) is 7.20. The number of alkyl halides is 2. The van der Waals surface area contributed by atoms with Gasteiger partial charge in [-0.15, -0.1) is 10.2 Å². The van der Waals surface area contributed by atoms with Crippen molar-refractivity contribution in [3.05, 3.63) is 83.4 Å². The highest BCUT2D eigenvalue weighted by molar-refractivity contribution is 6.29. The Hall–Kier alpha value is -3.65. The van der Waals surface area contributed by atoms with Gasteiger partial charge in [-0.05, 0) is 47.0 Å². The predicted molar refractivity (Wildman–Crippen MR) is 118 cm³/mol. The second-order valence-corrected chi connectivity index (χ2v) is 7.54. The number of nitrogens with zero attached hydrogens (tertiary/aromatic N) is 5. The molecule has 5 rings (SSSR count). The molecule has 5 nitrogen and oxygen atoms in total. The van der Waals surface area contributed by atoms with Crippen LogP contribution in [0.1, 0.15) is 12.0 Å². The molecule has 0 aliphatic carbocycles. The van der Waals surface area contributed by atoms with Crippen LogP contribution in [0.2, 0.25) is 5.28 Å². The molecule has 32 heavy (non-hydrogen) atoms. The molecule has 0 radical (unpaired) electrons. The highest BCUT2D eigenvalue weighted by Crippen LogP contribution is 2.35. The van der Waals surface area contributed by atoms with Gasteiger partial charge in [0.2, 0.25) is 5.28 Å². The van der Waals surface area contributed by atoms with E-state index in [1.165, 1.54) is 18.2 Å². The zero-order valence-electron chi connectivity index (χ0n) is 16.7. The van der Waals surface area contributed by atoms with Crippen molar-refractivity contribution in [2.24, 2.45) is 0 Å². The lowest BCUT2D eigenvalue weighted by Gasteiger charge is -2.22. The third-order valence-electron chi connectivity index (χ3n) is 5.32. The normalized spacial score (nSPS) is 11.6. The minimum atomic E-state index is -2.54. The molecule has 0 saturated heterocycles. The number of hydrogen-bond acceptors (Lipinski definition) is 4. The molecule has 0 amide bonds. The number of hydrogen-bond donors (Lipinski definition) is 0. The summed E-state index contributed by atoms with van der Waals surface area (Å²) >= 11 is 6.17. The molecule has 0 saturated carbocycles. The van der Waals surface area contributed by atoms with Crippen molar-refractivity contribution in [2.75, 3.05) is 11.9 Å². The summed E-state index contributed by atoms with van der Waals surface area (Å²) in [6, 6.07) is 17.9. The molecule has 160 valence electrons. The minimum Gasteiger partial charge on any atom is -0.326 e. The number of fused-ring (bicyclic) bond motifs is 3. The highest BCUT2D eigenvalue weighted by atomic mass is 35.5. The zero-order chi connectivity index (χ0) is 22.4. The first kappa shape index (κ1) is 20.3. The first-order valence-electron chi connectivity index (χ1n) is 9.65. The van der Waals surface area contributed by atoms with Crippen LogP contribution in [-0.4, -0.2) is 26.6 Å². The van der Waals surface area contributed by atoms with E-state index in [1.54, 1.807) is 40.6 Å². The zero-order valence-corrected chi connectivity index (χ0v) is 17.4. The van der Waals surface area contributed by atoms with E-state index < -0.39 is 12.2 Å². The molecule has 3 aromatic carbocycles. The molecule has 0 aliphatic heterocycles. The molecule has 5 aromatic rings. The maximum absolute atomic E-state index is 14.9. The summed E-state index contributed by atoms with van der Waals surface area (Å²) in [4.78, 5) is 6.18. The monoisotopic (exact) mass is 453 g/mol. The summed E-state index contributed by atoms with van der Waals surface area (Å²) in [7, 11) is 1.70. The van der Waals surface area contributed by atoms with E-state index in [0.29, 0.717) is 16.9 Å². The van der Waals surface area contributed by atoms with Crippen molar-refractivity contribution < 1.29 is 13.2 Å². The van der Waals surface area contributed by atoms with Crippen LogP contribution in [0.5, 0.6) is 0 Å². The Labute approximate surface area is 185 Å². The van der Waals surface area contributed by atoms with Crippen LogP contribution < -0.4 is 4.90 Å². The number of aromatic nitrogens is 4. The number of anilines is 2. The lowest BCUT2D eigenvalue weighted by Crippen LogP contribution is -2.14. The van der Waals surface area contributed by atoms with Crippen molar-refractivity contribution >= 4 is 39.8 Å². The van der Waals surface area contributed by atoms with Gasteiger partial charge in [-0.3, -0.25) is 0 Å². The Kier molecular flexibility index (Phi) is 4.94.